The molecule has 1 heterocycles. The molecule has 3 heteroatoms. The summed E-state index contributed by atoms with van der Waals surface area (Å²) in [5.74, 6) is 0.801. The van der Waals surface area contributed by atoms with Crippen molar-refractivity contribution in [3.8, 4) is 0 Å². The van der Waals surface area contributed by atoms with Gasteiger partial charge in [-0.25, -0.2) is 9.37 Å². The number of anilines is 1. The summed E-state index contributed by atoms with van der Waals surface area (Å²) < 4.78 is 13.6. The molecule has 0 radical (unpaired) electrons. The Hall–Kier alpha value is -1.90. The van der Waals surface area contributed by atoms with Gasteiger partial charge in [-0.15, -0.1) is 0 Å². The maximum absolute atomic E-state index is 13.6. The summed E-state index contributed by atoms with van der Waals surface area (Å²) in [4.78, 5) is 4.65. The second-order valence-electron chi connectivity index (χ2n) is 5.55. The third-order valence-corrected chi connectivity index (χ3v) is 3.90. The SMILES string of the molecule is Cc1cc(CNc2ccc3c(n2)CCC3)cc(C)c1F. The zero-order chi connectivity index (χ0) is 14.1. The molecular weight excluding hydrogens is 251 g/mol. The fourth-order valence-electron chi connectivity index (χ4n) is 2.85. The number of aryl methyl sites for hydroxylation is 4. The number of nitrogens with one attached hydrogen (secondary N) is 1. The van der Waals surface area contributed by atoms with Gasteiger partial charge in [0.15, 0.2) is 0 Å². The predicted octanol–water partition coefficient (Wildman–Crippen LogP) is 3.94. The van der Waals surface area contributed by atoms with E-state index >= 15 is 0 Å². The lowest BCUT2D eigenvalue weighted by molar-refractivity contribution is 0.608. The smallest absolute Gasteiger partial charge is 0.129 e. The van der Waals surface area contributed by atoms with Gasteiger partial charge < -0.3 is 5.32 Å². The first-order valence-corrected chi connectivity index (χ1v) is 7.12. The number of aromatic nitrogens is 1. The lowest BCUT2D eigenvalue weighted by Gasteiger charge is -2.10. The molecule has 0 unspecified atom stereocenters. The monoisotopic (exact) mass is 270 g/mol. The molecule has 3 rings (SSSR count). The molecule has 1 aliphatic carbocycles. The zero-order valence-electron chi connectivity index (χ0n) is 12.0. The van der Waals surface area contributed by atoms with Crippen LogP contribution in [0.3, 0.4) is 0 Å². The molecule has 0 fully saturated rings. The number of pyridine rings is 1. The highest BCUT2D eigenvalue weighted by Gasteiger charge is 2.12. The average Bonchev–Trinajstić information content (AvgIpc) is 2.89. The third-order valence-electron chi connectivity index (χ3n) is 3.90. The van der Waals surface area contributed by atoms with E-state index < -0.39 is 0 Å². The minimum atomic E-state index is -0.107. The molecular formula is C17H19FN2. The highest BCUT2D eigenvalue weighted by molar-refractivity contribution is 5.42. The summed E-state index contributed by atoms with van der Waals surface area (Å²) in [5, 5.41) is 3.33. The molecule has 0 aliphatic heterocycles. The fraction of sp³-hybridized carbons (Fsp3) is 0.353. The molecule has 1 N–H and O–H groups in total. The van der Waals surface area contributed by atoms with Crippen LogP contribution in [0.5, 0.6) is 0 Å². The quantitative estimate of drug-likeness (QED) is 0.913. The number of rotatable bonds is 3. The van der Waals surface area contributed by atoms with E-state index in [2.05, 4.69) is 16.4 Å². The van der Waals surface area contributed by atoms with Crippen molar-refractivity contribution in [1.29, 1.82) is 0 Å². The van der Waals surface area contributed by atoms with Crippen molar-refractivity contribution in [3.63, 3.8) is 0 Å². The first-order valence-electron chi connectivity index (χ1n) is 7.12. The van der Waals surface area contributed by atoms with Gasteiger partial charge in [0.1, 0.15) is 11.6 Å². The molecule has 0 saturated heterocycles. The molecule has 2 aromatic rings. The minimum absolute atomic E-state index is 0.107. The van der Waals surface area contributed by atoms with E-state index in [0.717, 1.165) is 24.2 Å². The van der Waals surface area contributed by atoms with E-state index in [4.69, 9.17) is 0 Å². The zero-order valence-corrected chi connectivity index (χ0v) is 12.0. The van der Waals surface area contributed by atoms with E-state index in [1.165, 1.54) is 17.7 Å². The van der Waals surface area contributed by atoms with Crippen LogP contribution in [0.2, 0.25) is 0 Å². The van der Waals surface area contributed by atoms with Gasteiger partial charge in [0.25, 0.3) is 0 Å². The van der Waals surface area contributed by atoms with Crippen LogP contribution in [0.4, 0.5) is 10.2 Å². The maximum atomic E-state index is 13.6. The molecule has 0 spiro atoms. The van der Waals surface area contributed by atoms with Crippen LogP contribution in [-0.2, 0) is 19.4 Å². The Bertz CT molecular complexity index is 626. The van der Waals surface area contributed by atoms with Gasteiger partial charge in [-0.1, -0.05) is 18.2 Å². The Labute approximate surface area is 119 Å². The van der Waals surface area contributed by atoms with Crippen LogP contribution in [-0.4, -0.2) is 4.98 Å². The first-order chi connectivity index (χ1) is 9.63. The molecule has 104 valence electrons. The predicted molar refractivity (Wildman–Crippen MR) is 79.5 cm³/mol. The van der Waals surface area contributed by atoms with Crippen LogP contribution < -0.4 is 5.32 Å². The van der Waals surface area contributed by atoms with Crippen LogP contribution in [0.1, 0.15) is 34.4 Å². The highest BCUT2D eigenvalue weighted by atomic mass is 19.1. The molecule has 20 heavy (non-hydrogen) atoms. The second kappa shape index (κ2) is 5.23. The third kappa shape index (κ3) is 2.53. The molecule has 1 aromatic heterocycles. The Kier molecular flexibility index (Phi) is 3.43. The first kappa shape index (κ1) is 13.1. The van der Waals surface area contributed by atoms with E-state index in [0.29, 0.717) is 17.7 Å². The van der Waals surface area contributed by atoms with E-state index in [1.54, 1.807) is 13.8 Å². The van der Waals surface area contributed by atoms with Crippen molar-refractivity contribution in [2.75, 3.05) is 5.32 Å². The standard InChI is InChI=1S/C17H19FN2/c1-11-8-13(9-12(2)17(11)18)10-19-16-7-6-14-4-3-5-15(14)20-16/h6-9H,3-5,10H2,1-2H3,(H,19,20). The van der Waals surface area contributed by atoms with Crippen molar-refractivity contribution < 1.29 is 4.39 Å². The molecule has 1 aliphatic rings. The molecule has 2 nitrogen and oxygen atoms in total. The highest BCUT2D eigenvalue weighted by Crippen LogP contribution is 2.22. The summed E-state index contributed by atoms with van der Waals surface area (Å²) in [6.45, 7) is 4.28. The van der Waals surface area contributed by atoms with Crippen LogP contribution in [0, 0.1) is 19.7 Å². The minimum Gasteiger partial charge on any atom is -0.366 e. The van der Waals surface area contributed by atoms with E-state index in [-0.39, 0.29) is 5.82 Å². The number of nitrogens with zero attached hydrogens (tertiary/aromatic N) is 1. The lowest BCUT2D eigenvalue weighted by atomic mass is 10.1. The molecule has 0 bridgehead atoms. The Morgan fingerprint density at radius 2 is 1.90 bits per heavy atom. The van der Waals surface area contributed by atoms with Gasteiger partial charge in [-0.3, -0.25) is 0 Å². The Morgan fingerprint density at radius 3 is 2.65 bits per heavy atom. The van der Waals surface area contributed by atoms with Crippen LogP contribution in [0.15, 0.2) is 24.3 Å². The summed E-state index contributed by atoms with van der Waals surface area (Å²) in [7, 11) is 0. The Morgan fingerprint density at radius 1 is 1.15 bits per heavy atom. The van der Waals surface area contributed by atoms with Crippen LogP contribution in [0.25, 0.3) is 0 Å². The number of hydrogen-bond acceptors (Lipinski definition) is 2. The summed E-state index contributed by atoms with van der Waals surface area (Å²) >= 11 is 0. The molecule has 1 aromatic carbocycles. The van der Waals surface area contributed by atoms with Gasteiger partial charge in [0.05, 0.1) is 0 Å². The maximum Gasteiger partial charge on any atom is 0.129 e. The average molecular weight is 270 g/mol. The van der Waals surface area contributed by atoms with Gasteiger partial charge >= 0.3 is 0 Å². The number of halogens is 1. The molecule has 0 saturated carbocycles. The molecule has 0 atom stereocenters. The summed E-state index contributed by atoms with van der Waals surface area (Å²) in [5.41, 5.74) is 5.08. The largest absolute Gasteiger partial charge is 0.366 e. The van der Waals surface area contributed by atoms with Crippen molar-refractivity contribution in [1.82, 2.24) is 4.98 Å². The van der Waals surface area contributed by atoms with E-state index in [1.807, 2.05) is 18.2 Å². The van der Waals surface area contributed by atoms with Crippen LogP contribution >= 0.6 is 0 Å². The van der Waals surface area contributed by atoms with Crippen molar-refractivity contribution in [2.24, 2.45) is 0 Å². The van der Waals surface area contributed by atoms with E-state index in [9.17, 15) is 4.39 Å². The normalized spacial score (nSPS) is 13.3. The second-order valence-corrected chi connectivity index (χ2v) is 5.55. The lowest BCUT2D eigenvalue weighted by Crippen LogP contribution is -2.04. The van der Waals surface area contributed by atoms with Gasteiger partial charge in [-0.05, 0) is 61.4 Å². The fourth-order valence-corrected chi connectivity index (χ4v) is 2.85. The summed E-state index contributed by atoms with van der Waals surface area (Å²) in [6, 6.07) is 7.98. The van der Waals surface area contributed by atoms with Crippen molar-refractivity contribution in [2.45, 2.75) is 39.7 Å². The van der Waals surface area contributed by atoms with Crippen molar-refractivity contribution in [3.05, 3.63) is 58.0 Å². The van der Waals surface area contributed by atoms with Gasteiger partial charge in [0, 0.05) is 12.2 Å². The van der Waals surface area contributed by atoms with Crippen molar-refractivity contribution >= 4 is 5.82 Å². The van der Waals surface area contributed by atoms with Gasteiger partial charge in [-0.2, -0.15) is 0 Å². The topological polar surface area (TPSA) is 24.9 Å². The molecule has 0 amide bonds. The summed E-state index contributed by atoms with van der Waals surface area (Å²) in [6.07, 6.45) is 3.45. The Balaban J connectivity index is 1.73. The number of benzene rings is 1. The van der Waals surface area contributed by atoms with Gasteiger partial charge in [0.2, 0.25) is 0 Å². The number of hydrogen-bond donors (Lipinski definition) is 1. The number of fused-ring (bicyclic) bond motifs is 1.